The second kappa shape index (κ2) is 15.9. The molecule has 0 aromatic carbocycles. The Morgan fingerprint density at radius 2 is 0.696 bits per heavy atom. The maximum atomic E-state index is 11.4. The van der Waals surface area contributed by atoms with Crippen molar-refractivity contribution in [3.05, 3.63) is 45.7 Å². The molecular formula is C16H22F12N6O8S4. The Morgan fingerprint density at radius 3 is 0.783 bits per heavy atom. The molecule has 0 unspecified atom stereocenters. The summed E-state index contributed by atoms with van der Waals surface area (Å²) in [4.78, 5) is 0. The summed E-state index contributed by atoms with van der Waals surface area (Å²) in [5, 5.41) is 0. The van der Waals surface area contributed by atoms with E-state index in [0.29, 0.717) is 0 Å². The molecule has 0 radical (unpaired) electrons. The van der Waals surface area contributed by atoms with Crippen LogP contribution in [0.4, 0.5) is 52.7 Å². The first kappa shape index (κ1) is 45.4. The van der Waals surface area contributed by atoms with E-state index in [1.165, 1.54) is 0 Å². The molecular weight excluding hydrogens is 760 g/mol. The number of aromatic nitrogens is 4. The molecule has 0 aliphatic carbocycles. The summed E-state index contributed by atoms with van der Waals surface area (Å²) in [6, 6.07) is 0. The predicted molar refractivity (Wildman–Crippen MR) is 129 cm³/mol. The summed E-state index contributed by atoms with van der Waals surface area (Å²) in [6.07, 6.45) is 12.3. The van der Waals surface area contributed by atoms with Crippen molar-refractivity contribution in [1.29, 1.82) is 0 Å². The Balaban J connectivity index is 0. The number of sulfonamides is 4. The van der Waals surface area contributed by atoms with Crippen LogP contribution in [0.3, 0.4) is 0 Å². The molecule has 30 heteroatoms. The molecule has 2 aromatic heterocycles. The van der Waals surface area contributed by atoms with Gasteiger partial charge in [-0.2, -0.15) is 52.7 Å². The quantitative estimate of drug-likeness (QED) is 0.317. The second-order valence-electron chi connectivity index (χ2n) is 7.65. The van der Waals surface area contributed by atoms with Crippen LogP contribution in [-0.2, 0) is 67.3 Å². The minimum Gasteiger partial charge on any atom is -0.421 e. The molecule has 0 amide bonds. The fourth-order valence-electron chi connectivity index (χ4n) is 1.80. The van der Waals surface area contributed by atoms with Crippen molar-refractivity contribution in [1.82, 2.24) is 9.13 Å². The molecule has 14 nitrogen and oxygen atoms in total. The highest BCUT2D eigenvalue weighted by Gasteiger charge is 2.48. The first-order valence-electron chi connectivity index (χ1n) is 10.8. The van der Waals surface area contributed by atoms with E-state index in [9.17, 15) is 86.4 Å². The first-order valence-corrected chi connectivity index (χ1v) is 16.6. The van der Waals surface area contributed by atoms with Gasteiger partial charge in [0.2, 0.25) is 12.7 Å². The number of imidazole rings is 2. The van der Waals surface area contributed by atoms with Crippen molar-refractivity contribution in [3.8, 4) is 0 Å². The molecule has 0 N–H and O–H groups in total. The number of nitrogens with zero attached hydrogens (tertiary/aromatic N) is 6. The fourth-order valence-corrected chi connectivity index (χ4v) is 5.22. The van der Waals surface area contributed by atoms with Crippen LogP contribution in [0.2, 0.25) is 0 Å². The van der Waals surface area contributed by atoms with Gasteiger partial charge < -0.3 is 8.25 Å². The zero-order valence-corrected chi connectivity index (χ0v) is 26.3. The van der Waals surface area contributed by atoms with E-state index in [2.05, 4.69) is 48.0 Å². The van der Waals surface area contributed by atoms with Crippen molar-refractivity contribution in [2.24, 2.45) is 14.1 Å². The molecule has 0 fully saturated rings. The third kappa shape index (κ3) is 14.8. The lowest BCUT2D eigenvalue weighted by molar-refractivity contribution is -0.693. The number of hydrogen-bond acceptors (Lipinski definition) is 8. The molecule has 0 aliphatic heterocycles. The monoisotopic (exact) mass is 782 g/mol. The second-order valence-corrected chi connectivity index (χ2v) is 14.5. The fraction of sp³-hybridized carbons (Fsp3) is 0.625. The van der Waals surface area contributed by atoms with E-state index in [1.807, 2.05) is 35.6 Å². The van der Waals surface area contributed by atoms with Gasteiger partial charge in [-0.15, -0.1) is 0 Å². The molecule has 272 valence electrons. The molecule has 0 bridgehead atoms. The zero-order chi connectivity index (χ0) is 37.4. The minimum atomic E-state index is -6.72. The highest BCUT2D eigenvalue weighted by molar-refractivity contribution is 8.13. The summed E-state index contributed by atoms with van der Waals surface area (Å²) >= 11 is 0. The SMILES string of the molecule is CC[n+]1ccn(C)c1.CC[n+]1ccn(C)c1.O=S(=O)([N-]S(=O)(=O)C(F)(F)F)C(F)(F)F.O=S(=O)([N-]S(=O)(=O)C(F)(F)F)C(F)(F)F. The van der Waals surface area contributed by atoms with Crippen molar-refractivity contribution < 1.29 is 95.5 Å². The van der Waals surface area contributed by atoms with Crippen LogP contribution in [0.15, 0.2) is 37.4 Å². The van der Waals surface area contributed by atoms with Gasteiger partial charge in [-0.3, -0.25) is 0 Å². The zero-order valence-electron chi connectivity index (χ0n) is 23.0. The van der Waals surface area contributed by atoms with Gasteiger partial charge in [-0.05, 0) is 13.8 Å². The van der Waals surface area contributed by atoms with Gasteiger partial charge in [0.25, 0.3) is 0 Å². The number of aryl methyl sites for hydroxylation is 4. The van der Waals surface area contributed by atoms with Crippen molar-refractivity contribution in [3.63, 3.8) is 0 Å². The summed E-state index contributed by atoms with van der Waals surface area (Å²) in [5.74, 6) is 0. The number of rotatable bonds is 6. The summed E-state index contributed by atoms with van der Waals surface area (Å²) in [7, 11) is -22.8. The largest absolute Gasteiger partial charge is 0.480 e. The molecule has 0 spiro atoms. The summed E-state index contributed by atoms with van der Waals surface area (Å²) in [6.45, 7) is 6.36. The lowest BCUT2D eigenvalue weighted by atomic mass is 10.7. The predicted octanol–water partition coefficient (Wildman–Crippen LogP) is 2.78. The van der Waals surface area contributed by atoms with E-state index >= 15 is 0 Å². The first-order chi connectivity index (χ1) is 20.1. The average molecular weight is 783 g/mol. The lowest BCUT2D eigenvalue weighted by Gasteiger charge is -2.22. The molecule has 2 rings (SSSR count). The number of alkyl halides is 12. The Bertz CT molecular complexity index is 1480. The highest BCUT2D eigenvalue weighted by Crippen LogP contribution is 2.37. The standard InChI is InChI=1S/2C6H11N2.2C2F6NO4S2/c2*1-3-8-5-4-7(2)6-8;2*3-1(4,5)14(10,11)9-15(12,13)2(6,7)8/h2*4-6H,3H2,1-2H3;;/q2*+1;2*-1. The Morgan fingerprint density at radius 1 is 0.500 bits per heavy atom. The molecule has 2 heterocycles. The normalized spacial score (nSPS) is 13.4. The van der Waals surface area contributed by atoms with Gasteiger partial charge in [0.15, 0.2) is 40.1 Å². The topological polar surface area (TPSA) is 182 Å². The number of hydrogen-bond donors (Lipinski definition) is 0. The van der Waals surface area contributed by atoms with Gasteiger partial charge in [-0.1, -0.05) is 0 Å². The molecule has 46 heavy (non-hydrogen) atoms. The Kier molecular flexibility index (Phi) is 15.7. The summed E-state index contributed by atoms with van der Waals surface area (Å²) in [5.41, 5.74) is -24.8. The van der Waals surface area contributed by atoms with Crippen LogP contribution < -0.4 is 9.13 Å². The van der Waals surface area contributed by atoms with Crippen LogP contribution in [0, 0.1) is 0 Å². The number of halogens is 12. The maximum Gasteiger partial charge on any atom is 0.480 e. The Labute approximate surface area is 253 Å². The summed E-state index contributed by atoms with van der Waals surface area (Å²) < 4.78 is 227. The van der Waals surface area contributed by atoms with Crippen molar-refractivity contribution in [2.75, 3.05) is 0 Å². The Hall–Kier alpha value is -2.70. The van der Waals surface area contributed by atoms with E-state index in [0.717, 1.165) is 21.3 Å². The molecule has 0 saturated carbocycles. The molecule has 0 saturated heterocycles. The maximum absolute atomic E-state index is 11.4. The van der Waals surface area contributed by atoms with Gasteiger partial charge in [0.1, 0.15) is 24.8 Å². The molecule has 2 aromatic rings. The van der Waals surface area contributed by atoms with Crippen LogP contribution in [0.25, 0.3) is 8.25 Å². The van der Waals surface area contributed by atoms with Gasteiger partial charge in [0.05, 0.1) is 27.2 Å². The van der Waals surface area contributed by atoms with Gasteiger partial charge >= 0.3 is 22.0 Å². The van der Waals surface area contributed by atoms with Crippen LogP contribution in [0.1, 0.15) is 13.8 Å². The smallest absolute Gasteiger partial charge is 0.421 e. The van der Waals surface area contributed by atoms with Crippen LogP contribution >= 0.6 is 0 Å². The van der Waals surface area contributed by atoms with Crippen LogP contribution in [-0.4, -0.2) is 64.8 Å². The van der Waals surface area contributed by atoms with Gasteiger partial charge in [0, 0.05) is 0 Å². The molecule has 0 atom stereocenters. The van der Waals surface area contributed by atoms with E-state index < -0.39 is 62.1 Å². The van der Waals surface area contributed by atoms with E-state index in [-0.39, 0.29) is 0 Å². The van der Waals surface area contributed by atoms with Crippen LogP contribution in [0.5, 0.6) is 0 Å². The minimum absolute atomic E-state index is 0.778. The van der Waals surface area contributed by atoms with Gasteiger partial charge in [-0.25, -0.2) is 51.9 Å². The third-order valence-electron chi connectivity index (χ3n) is 3.94. The average Bonchev–Trinajstić information content (AvgIpc) is 3.43. The van der Waals surface area contributed by atoms with Crippen molar-refractivity contribution >= 4 is 40.1 Å². The van der Waals surface area contributed by atoms with Crippen molar-refractivity contribution in [2.45, 2.75) is 49.0 Å². The lowest BCUT2D eigenvalue weighted by Crippen LogP contribution is -2.30. The van der Waals surface area contributed by atoms with E-state index in [1.54, 1.807) is 0 Å². The van der Waals surface area contributed by atoms with E-state index in [4.69, 9.17) is 0 Å². The highest BCUT2D eigenvalue weighted by atomic mass is 32.3. The third-order valence-corrected chi connectivity index (χ3v) is 9.42. The molecule has 0 aliphatic rings.